The first kappa shape index (κ1) is 30.5. The summed E-state index contributed by atoms with van der Waals surface area (Å²) in [5, 5.41) is 29.3. The maximum atomic E-state index is 13.3. The lowest BCUT2D eigenvalue weighted by atomic mass is 9.83. The van der Waals surface area contributed by atoms with Crippen LogP contribution in [0.3, 0.4) is 0 Å². The SMILES string of the molecule is CC/C(C)=C/C(=O)OC(C(=O)[C@@H](O)[C@@]1(C)CC[C@@H](C(C)(C)/C=C/C(C)C(=O)O)O1)C(C)CC(=O)O. The number of ether oxygens (including phenoxy) is 2. The van der Waals surface area contributed by atoms with Gasteiger partial charge in [0.25, 0.3) is 0 Å². The molecule has 198 valence electrons. The van der Waals surface area contributed by atoms with Crippen LogP contribution in [0.25, 0.3) is 0 Å². The van der Waals surface area contributed by atoms with Gasteiger partial charge >= 0.3 is 17.9 Å². The van der Waals surface area contributed by atoms with Gasteiger partial charge in [-0.05, 0) is 40.0 Å². The van der Waals surface area contributed by atoms with E-state index < -0.39 is 71.3 Å². The summed E-state index contributed by atoms with van der Waals surface area (Å²) >= 11 is 0. The highest BCUT2D eigenvalue weighted by atomic mass is 16.6. The summed E-state index contributed by atoms with van der Waals surface area (Å²) < 4.78 is 11.5. The van der Waals surface area contributed by atoms with Gasteiger partial charge in [0.1, 0.15) is 6.10 Å². The fraction of sp³-hybridized carbons (Fsp3) is 0.692. The third-order valence-electron chi connectivity index (χ3n) is 6.66. The van der Waals surface area contributed by atoms with Gasteiger partial charge in [0.15, 0.2) is 6.10 Å². The van der Waals surface area contributed by atoms with Crippen molar-refractivity contribution in [1.82, 2.24) is 0 Å². The predicted octanol–water partition coefficient (Wildman–Crippen LogP) is 3.54. The van der Waals surface area contributed by atoms with Crippen LogP contribution in [-0.4, -0.2) is 62.9 Å². The Balaban J connectivity index is 3.09. The molecule has 1 heterocycles. The van der Waals surface area contributed by atoms with E-state index in [-0.39, 0.29) is 0 Å². The fourth-order valence-electron chi connectivity index (χ4n) is 3.92. The monoisotopic (exact) mass is 496 g/mol. The first-order chi connectivity index (χ1) is 16.0. The minimum atomic E-state index is -1.66. The van der Waals surface area contributed by atoms with E-state index in [9.17, 15) is 29.4 Å². The van der Waals surface area contributed by atoms with Crippen LogP contribution < -0.4 is 0 Å². The maximum Gasteiger partial charge on any atom is 0.331 e. The molecule has 0 aromatic carbocycles. The smallest absolute Gasteiger partial charge is 0.331 e. The van der Waals surface area contributed by atoms with Gasteiger partial charge in [0.2, 0.25) is 5.78 Å². The minimum absolute atomic E-state index is 0.332. The van der Waals surface area contributed by atoms with E-state index in [1.165, 1.54) is 13.0 Å². The van der Waals surface area contributed by atoms with Crippen LogP contribution in [0.15, 0.2) is 23.8 Å². The van der Waals surface area contributed by atoms with E-state index >= 15 is 0 Å². The number of carbonyl (C=O) groups excluding carboxylic acids is 2. The molecule has 1 fully saturated rings. The van der Waals surface area contributed by atoms with Gasteiger partial charge in [0.05, 0.1) is 24.0 Å². The average molecular weight is 497 g/mol. The number of rotatable bonds is 13. The molecule has 35 heavy (non-hydrogen) atoms. The van der Waals surface area contributed by atoms with E-state index in [1.807, 2.05) is 20.8 Å². The number of ketones is 1. The molecule has 0 bridgehead atoms. The molecule has 0 aromatic rings. The van der Waals surface area contributed by atoms with Gasteiger partial charge in [-0.25, -0.2) is 4.79 Å². The molecular weight excluding hydrogens is 456 g/mol. The second-order valence-electron chi connectivity index (χ2n) is 10.3. The second kappa shape index (κ2) is 12.4. The third-order valence-corrected chi connectivity index (χ3v) is 6.66. The van der Waals surface area contributed by atoms with E-state index in [4.69, 9.17) is 14.6 Å². The molecule has 1 aliphatic heterocycles. The summed E-state index contributed by atoms with van der Waals surface area (Å²) in [6.07, 6.45) is 2.09. The highest BCUT2D eigenvalue weighted by molar-refractivity contribution is 5.92. The number of aliphatic hydroxyl groups is 1. The maximum absolute atomic E-state index is 13.3. The molecule has 1 rings (SSSR count). The van der Waals surface area contributed by atoms with Gasteiger partial charge in [-0.2, -0.15) is 0 Å². The summed E-state index contributed by atoms with van der Waals surface area (Å²) in [7, 11) is 0. The molecule has 0 spiro atoms. The summed E-state index contributed by atoms with van der Waals surface area (Å²) in [6, 6.07) is 0. The zero-order chi connectivity index (χ0) is 27.1. The van der Waals surface area contributed by atoms with Crippen molar-refractivity contribution in [3.05, 3.63) is 23.8 Å². The Bertz CT molecular complexity index is 857. The highest BCUT2D eigenvalue weighted by Crippen LogP contribution is 2.42. The van der Waals surface area contributed by atoms with Crippen molar-refractivity contribution in [2.45, 2.75) is 98.1 Å². The zero-order valence-corrected chi connectivity index (χ0v) is 21.7. The van der Waals surface area contributed by atoms with Crippen LogP contribution in [0.4, 0.5) is 0 Å². The van der Waals surface area contributed by atoms with E-state index in [1.54, 1.807) is 32.9 Å². The van der Waals surface area contributed by atoms with Crippen molar-refractivity contribution in [2.24, 2.45) is 17.3 Å². The molecule has 0 amide bonds. The predicted molar refractivity (Wildman–Crippen MR) is 129 cm³/mol. The number of carboxylic acids is 2. The van der Waals surface area contributed by atoms with Crippen molar-refractivity contribution in [2.75, 3.05) is 0 Å². The van der Waals surface area contributed by atoms with E-state index in [2.05, 4.69) is 0 Å². The molecule has 1 aliphatic rings. The van der Waals surface area contributed by atoms with E-state index in [0.29, 0.717) is 19.3 Å². The van der Waals surface area contributed by atoms with Crippen molar-refractivity contribution in [3.63, 3.8) is 0 Å². The Morgan fingerprint density at radius 3 is 2.31 bits per heavy atom. The summed E-state index contributed by atoms with van der Waals surface area (Å²) in [5.41, 5.74) is -1.13. The van der Waals surface area contributed by atoms with Crippen molar-refractivity contribution >= 4 is 23.7 Å². The molecule has 3 unspecified atom stereocenters. The molecule has 0 aromatic heterocycles. The van der Waals surface area contributed by atoms with Crippen molar-refractivity contribution < 1.29 is 44.0 Å². The lowest BCUT2D eigenvalue weighted by Gasteiger charge is -2.35. The zero-order valence-electron chi connectivity index (χ0n) is 21.7. The van der Waals surface area contributed by atoms with Gasteiger partial charge in [-0.3, -0.25) is 14.4 Å². The van der Waals surface area contributed by atoms with Gasteiger partial charge in [0, 0.05) is 17.4 Å². The Hall–Kier alpha value is -2.52. The number of hydrogen-bond acceptors (Lipinski definition) is 7. The number of hydrogen-bond donors (Lipinski definition) is 3. The molecule has 0 radical (unpaired) electrons. The molecule has 1 saturated heterocycles. The number of aliphatic hydroxyl groups excluding tert-OH is 1. The fourth-order valence-corrected chi connectivity index (χ4v) is 3.92. The molecule has 0 aliphatic carbocycles. The highest BCUT2D eigenvalue weighted by Gasteiger charge is 2.50. The standard InChI is InChI=1S/C26H40O9/c1-8-15(2)13-20(29)34-22(17(4)14-19(27)28)21(30)23(31)26(7)12-10-18(35-26)25(5,6)11-9-16(3)24(32)33/h9,11,13,16-18,22-23,31H,8,10,12,14H2,1-7H3,(H,27,28)(H,32,33)/b11-9+,15-13+/t16?,17?,18-,22?,23+,26+/m0/s1. The number of esters is 1. The average Bonchev–Trinajstić information content (AvgIpc) is 3.18. The minimum Gasteiger partial charge on any atom is -0.481 e. The first-order valence-electron chi connectivity index (χ1n) is 11.9. The van der Waals surface area contributed by atoms with Crippen LogP contribution in [0.1, 0.15) is 74.1 Å². The molecule has 0 saturated carbocycles. The molecular formula is C26H40O9. The van der Waals surface area contributed by atoms with Crippen LogP contribution in [0, 0.1) is 17.3 Å². The lowest BCUT2D eigenvalue weighted by molar-refractivity contribution is -0.171. The van der Waals surface area contributed by atoms with Gasteiger partial charge < -0.3 is 24.8 Å². The van der Waals surface area contributed by atoms with E-state index in [0.717, 1.165) is 5.57 Å². The van der Waals surface area contributed by atoms with Crippen molar-refractivity contribution in [3.8, 4) is 0 Å². The summed E-state index contributed by atoms with van der Waals surface area (Å²) in [4.78, 5) is 48.0. The second-order valence-corrected chi connectivity index (χ2v) is 10.3. The Labute approximate surface area is 207 Å². The number of carboxylic acid groups (broad SMARTS) is 2. The largest absolute Gasteiger partial charge is 0.481 e. The lowest BCUT2D eigenvalue weighted by Crippen LogP contribution is -2.51. The molecule has 6 atom stereocenters. The summed E-state index contributed by atoms with van der Waals surface area (Å²) in [6.45, 7) is 12.0. The van der Waals surface area contributed by atoms with Gasteiger partial charge in [-0.1, -0.05) is 45.4 Å². The first-order valence-corrected chi connectivity index (χ1v) is 11.9. The Morgan fingerprint density at radius 1 is 1.20 bits per heavy atom. The normalized spacial score (nSPS) is 24.6. The molecule has 9 nitrogen and oxygen atoms in total. The van der Waals surface area contributed by atoms with Gasteiger partial charge in [-0.15, -0.1) is 0 Å². The molecule has 9 heteroatoms. The number of carbonyl (C=O) groups is 4. The topological polar surface area (TPSA) is 147 Å². The van der Waals surface area contributed by atoms with Crippen LogP contribution in [0.5, 0.6) is 0 Å². The quantitative estimate of drug-likeness (QED) is 0.198. The molecule has 3 N–H and O–H groups in total. The van der Waals surface area contributed by atoms with Crippen molar-refractivity contribution in [1.29, 1.82) is 0 Å². The number of allylic oxidation sites excluding steroid dienone is 1. The Kier molecular flexibility index (Phi) is 10.8. The number of Topliss-reactive ketones (excluding diaryl/α,β-unsaturated/α-hetero) is 1. The summed E-state index contributed by atoms with van der Waals surface area (Å²) in [5.74, 6) is -5.24. The van der Waals surface area contributed by atoms with Crippen LogP contribution in [-0.2, 0) is 28.7 Å². The Morgan fingerprint density at radius 2 is 1.80 bits per heavy atom. The van der Waals surface area contributed by atoms with Crippen LogP contribution in [0.2, 0.25) is 0 Å². The van der Waals surface area contributed by atoms with Crippen LogP contribution >= 0.6 is 0 Å². The third kappa shape index (κ3) is 8.58. The number of aliphatic carboxylic acids is 2.